The molecule has 0 fully saturated rings. The first kappa shape index (κ1) is 16.4. The van der Waals surface area contributed by atoms with Crippen molar-refractivity contribution < 1.29 is 34.3 Å². The lowest BCUT2D eigenvalue weighted by molar-refractivity contribution is -0.905. The molecule has 24 heavy (non-hydrogen) atoms. The lowest BCUT2D eigenvalue weighted by Gasteiger charge is -2.13. The van der Waals surface area contributed by atoms with Crippen molar-refractivity contribution in [2.24, 2.45) is 0 Å². The molecule has 2 aromatic rings. The third-order valence-electron chi connectivity index (χ3n) is 3.89. The third kappa shape index (κ3) is 3.12. The molecular weight excluding hydrogens is 313 g/mol. The molecule has 3 N–H and O–H groups in total. The first-order chi connectivity index (χ1) is 11.5. The van der Waals surface area contributed by atoms with Crippen LogP contribution in [-0.2, 0) is 9.45 Å². The second kappa shape index (κ2) is 6.60. The summed E-state index contributed by atoms with van der Waals surface area (Å²) >= 11 is 0. The van der Waals surface area contributed by atoms with E-state index < -0.39 is 19.8 Å². The van der Waals surface area contributed by atoms with Gasteiger partial charge in [0.1, 0.15) is 12.4 Å². The van der Waals surface area contributed by atoms with Crippen LogP contribution >= 0.6 is 0 Å². The Morgan fingerprint density at radius 2 is 2.21 bits per heavy atom. The zero-order chi connectivity index (χ0) is 17.3. The number of benzene rings is 1. The molecular formula is C16H17BNO6+. The van der Waals surface area contributed by atoms with Crippen molar-refractivity contribution in [3.05, 3.63) is 47.7 Å². The van der Waals surface area contributed by atoms with Gasteiger partial charge in [-0.05, 0) is 41.7 Å². The number of aliphatic hydroxyl groups excluding tert-OH is 1. The number of aliphatic hydroxyl groups is 1. The van der Waals surface area contributed by atoms with E-state index in [9.17, 15) is 15.0 Å². The second-order valence-corrected chi connectivity index (χ2v) is 5.61. The van der Waals surface area contributed by atoms with Crippen molar-refractivity contribution in [3.63, 3.8) is 0 Å². The van der Waals surface area contributed by atoms with E-state index in [1.54, 1.807) is 30.3 Å². The zero-order valence-electron chi connectivity index (χ0n) is 13.0. The number of hydrogen-bond acceptors (Lipinski definition) is 6. The van der Waals surface area contributed by atoms with Gasteiger partial charge < -0.3 is 19.5 Å². The number of aromatic nitrogens is 1. The van der Waals surface area contributed by atoms with E-state index in [4.69, 9.17) is 14.5 Å². The smallest absolute Gasteiger partial charge is 0.423 e. The maximum Gasteiger partial charge on any atom is 0.492 e. The minimum absolute atomic E-state index is 0.00305. The largest absolute Gasteiger partial charge is 0.492 e. The number of aryl methyl sites for hydroxylation is 1. The summed E-state index contributed by atoms with van der Waals surface area (Å²) in [5.41, 5.74) is 2.03. The van der Waals surface area contributed by atoms with Gasteiger partial charge in [0, 0.05) is 17.2 Å². The third-order valence-corrected chi connectivity index (χ3v) is 3.89. The van der Waals surface area contributed by atoms with Crippen LogP contribution in [0, 0.1) is 6.92 Å². The van der Waals surface area contributed by atoms with Gasteiger partial charge in [-0.25, -0.2) is 0 Å². The number of pyridine rings is 1. The molecule has 0 saturated heterocycles. The Morgan fingerprint density at radius 1 is 1.42 bits per heavy atom. The highest BCUT2D eigenvalue weighted by Crippen LogP contribution is 2.32. The molecule has 1 aromatic carbocycles. The van der Waals surface area contributed by atoms with E-state index in [-0.39, 0.29) is 18.1 Å². The Morgan fingerprint density at radius 3 is 2.92 bits per heavy atom. The summed E-state index contributed by atoms with van der Waals surface area (Å²) in [6.45, 7) is 1.26. The zero-order valence-corrected chi connectivity index (χ0v) is 13.0. The number of ketones is 1. The van der Waals surface area contributed by atoms with Gasteiger partial charge in [0.2, 0.25) is 6.20 Å². The number of hydrogen-bond donors (Lipinski definition) is 3. The number of Topliss-reactive ketones (excluding diaryl/α,β-unsaturated/α-hetero) is 1. The molecule has 0 radical (unpaired) electrons. The molecule has 1 aliphatic rings. The molecule has 2 heterocycles. The Balaban J connectivity index is 1.92. The Labute approximate surface area is 138 Å². The Bertz CT molecular complexity index is 781. The molecule has 0 bridgehead atoms. The Hall–Kier alpha value is -2.42. The maximum atomic E-state index is 11.5. The average Bonchev–Trinajstić information content (AvgIpc) is 2.86. The number of fused-ring (bicyclic) bond motifs is 1. The number of carbonyl (C=O) groups excluding carboxylic acids is 1. The molecule has 7 nitrogen and oxygen atoms in total. The lowest BCUT2D eigenvalue weighted by atomic mass is 9.77. The van der Waals surface area contributed by atoms with Crippen molar-refractivity contribution in [2.45, 2.75) is 19.4 Å². The molecule has 8 heteroatoms. The minimum Gasteiger partial charge on any atom is -0.423 e. The summed E-state index contributed by atoms with van der Waals surface area (Å²) in [6, 6.07) is 8.32. The van der Waals surface area contributed by atoms with Crippen molar-refractivity contribution >= 4 is 18.4 Å². The first-order valence-electron chi connectivity index (χ1n) is 7.48. The molecule has 0 amide bonds. The van der Waals surface area contributed by atoms with Gasteiger partial charge in [0.15, 0.2) is 5.78 Å². The molecule has 0 spiro atoms. The summed E-state index contributed by atoms with van der Waals surface area (Å²) in [4.78, 5) is 11.5. The van der Waals surface area contributed by atoms with Gasteiger partial charge in [-0.15, -0.1) is 0 Å². The van der Waals surface area contributed by atoms with Crippen LogP contribution in [0.5, 0.6) is 11.6 Å². The highest BCUT2D eigenvalue weighted by Gasteiger charge is 2.37. The number of ether oxygens (including phenoxy) is 1. The van der Waals surface area contributed by atoms with Crippen LogP contribution in [0.15, 0.2) is 36.5 Å². The van der Waals surface area contributed by atoms with Crippen LogP contribution in [0.2, 0.25) is 0 Å². The first-order valence-corrected chi connectivity index (χ1v) is 7.48. The van der Waals surface area contributed by atoms with Crippen LogP contribution in [-0.4, -0.2) is 34.8 Å². The number of rotatable bonds is 5. The van der Waals surface area contributed by atoms with Crippen LogP contribution < -0.4 is 14.9 Å². The molecule has 3 rings (SSSR count). The van der Waals surface area contributed by atoms with Gasteiger partial charge in [0.25, 0.3) is 0 Å². The van der Waals surface area contributed by atoms with E-state index in [0.29, 0.717) is 11.2 Å². The predicted octanol–water partition coefficient (Wildman–Crippen LogP) is 0.0224. The molecule has 0 saturated carbocycles. The topological polar surface area (TPSA) is 100 Å². The Kier molecular flexibility index (Phi) is 4.52. The van der Waals surface area contributed by atoms with E-state index in [1.807, 2.05) is 6.92 Å². The highest BCUT2D eigenvalue weighted by atomic mass is 16.6. The maximum absolute atomic E-state index is 11.5. The normalized spacial score (nSPS) is 16.1. The summed E-state index contributed by atoms with van der Waals surface area (Å²) in [7, 11) is -1.17. The quantitative estimate of drug-likeness (QED) is 0.406. The summed E-state index contributed by atoms with van der Waals surface area (Å²) in [5, 5.41) is 28.7. The molecule has 1 aliphatic heterocycles. The number of carbonyl (C=O) groups is 1. The van der Waals surface area contributed by atoms with Gasteiger partial charge >= 0.3 is 13.0 Å². The van der Waals surface area contributed by atoms with Gasteiger partial charge in [-0.1, -0.05) is 0 Å². The van der Waals surface area contributed by atoms with Crippen LogP contribution in [0.25, 0.3) is 0 Å². The fourth-order valence-corrected chi connectivity index (χ4v) is 2.83. The number of nitrogens with zero attached hydrogens (tertiary/aromatic N) is 1. The van der Waals surface area contributed by atoms with E-state index in [0.717, 1.165) is 15.9 Å². The molecule has 0 aliphatic carbocycles. The van der Waals surface area contributed by atoms with Crippen LogP contribution in [0.1, 0.15) is 23.7 Å². The van der Waals surface area contributed by atoms with Crippen molar-refractivity contribution in [2.75, 3.05) is 6.61 Å². The van der Waals surface area contributed by atoms with E-state index >= 15 is 0 Å². The van der Waals surface area contributed by atoms with Gasteiger partial charge in [-0.2, -0.15) is 0 Å². The summed E-state index contributed by atoms with van der Waals surface area (Å²) in [6.07, 6.45) is 0.837. The van der Waals surface area contributed by atoms with Crippen molar-refractivity contribution in [1.82, 2.24) is 0 Å². The van der Waals surface area contributed by atoms with Crippen molar-refractivity contribution in [1.29, 1.82) is 0 Å². The fourth-order valence-electron chi connectivity index (χ4n) is 2.83. The van der Waals surface area contributed by atoms with Crippen molar-refractivity contribution in [3.8, 4) is 11.6 Å². The van der Waals surface area contributed by atoms with E-state index in [1.165, 1.54) is 6.20 Å². The minimum atomic E-state index is -1.17. The van der Waals surface area contributed by atoms with Crippen LogP contribution in [0.4, 0.5) is 0 Å². The summed E-state index contributed by atoms with van der Waals surface area (Å²) < 4.78 is 11.9. The molecule has 1 aromatic heterocycles. The van der Waals surface area contributed by atoms with E-state index in [2.05, 4.69) is 0 Å². The monoisotopic (exact) mass is 330 g/mol. The average molecular weight is 330 g/mol. The standard InChI is InChI=1S/C16H17BNO6/c1-10-6-12(23-15-4-2-3-5-18(15)22)8-13-16(10)14(24-17(13)21)7-11(20)9-19/h2-6,8,14,19,21-22H,7,9H2,1H3/q+1. The molecule has 1 unspecified atom stereocenters. The van der Waals surface area contributed by atoms with Gasteiger partial charge in [0.05, 0.1) is 12.2 Å². The summed E-state index contributed by atoms with van der Waals surface area (Å²) in [5.74, 6) is 0.291. The van der Waals surface area contributed by atoms with Gasteiger partial charge in [-0.3, -0.25) is 10.0 Å². The second-order valence-electron chi connectivity index (χ2n) is 5.61. The molecule has 124 valence electrons. The molecule has 1 atom stereocenters. The highest BCUT2D eigenvalue weighted by molar-refractivity contribution is 6.62. The SMILES string of the molecule is Cc1cc(Oc2cccc[n+]2O)cc2c1C(CC(=O)CO)OB2O. The fraction of sp³-hybridized carbons (Fsp3) is 0.250. The van der Waals surface area contributed by atoms with Crippen LogP contribution in [0.3, 0.4) is 0 Å². The lowest BCUT2D eigenvalue weighted by Crippen LogP contribution is -2.31. The predicted molar refractivity (Wildman–Crippen MR) is 83.2 cm³/mol.